The molecular weight excluding hydrogens is 330 g/mol. The molecule has 0 radical (unpaired) electrons. The van der Waals surface area contributed by atoms with E-state index in [0.29, 0.717) is 34.6 Å². The maximum atomic E-state index is 13.3. The van der Waals surface area contributed by atoms with E-state index < -0.39 is 5.91 Å². The molecule has 6 nitrogen and oxygen atoms in total. The second-order valence-electron chi connectivity index (χ2n) is 6.31. The second kappa shape index (κ2) is 7.07. The van der Waals surface area contributed by atoms with Gasteiger partial charge in [0.05, 0.1) is 18.4 Å². The molecule has 0 saturated carbocycles. The predicted octanol–water partition coefficient (Wildman–Crippen LogP) is 2.74. The largest absolute Gasteiger partial charge is 0.496 e. The highest BCUT2D eigenvalue weighted by atomic mass is 16.5. The van der Waals surface area contributed by atoms with Gasteiger partial charge in [0, 0.05) is 11.1 Å². The molecule has 0 fully saturated rings. The van der Waals surface area contributed by atoms with Crippen LogP contribution in [0.25, 0.3) is 11.3 Å². The number of ether oxygens (including phenoxy) is 1. The number of rotatable bonds is 5. The first-order valence-electron chi connectivity index (χ1n) is 8.34. The standard InChI is InChI=1S/C20H25N3O3/c1-7-13-15(10(2)3)20(25)23(18(21)16(13)19(22)24)17-11(4)8-9-14(26-6)12(17)5/h8-9H,2,7,21H2,1,3-6H3,(H2,22,24). The van der Waals surface area contributed by atoms with Crippen molar-refractivity contribution in [3.63, 3.8) is 0 Å². The molecule has 26 heavy (non-hydrogen) atoms. The van der Waals surface area contributed by atoms with E-state index in [9.17, 15) is 9.59 Å². The number of allylic oxidation sites excluding steroid dienone is 1. The van der Waals surface area contributed by atoms with Crippen molar-refractivity contribution >= 4 is 17.3 Å². The average molecular weight is 355 g/mol. The van der Waals surface area contributed by atoms with E-state index in [4.69, 9.17) is 16.2 Å². The van der Waals surface area contributed by atoms with E-state index in [2.05, 4.69) is 6.58 Å². The molecule has 4 N–H and O–H groups in total. The van der Waals surface area contributed by atoms with Crippen LogP contribution in [-0.2, 0) is 6.42 Å². The molecule has 1 aromatic heterocycles. The molecule has 2 rings (SSSR count). The quantitative estimate of drug-likeness (QED) is 0.861. The van der Waals surface area contributed by atoms with Crippen LogP contribution in [0.4, 0.5) is 5.82 Å². The minimum atomic E-state index is -0.672. The SMILES string of the molecule is C=C(C)c1c(CC)c(C(N)=O)c(N)n(-c2c(C)ccc(OC)c2C)c1=O. The highest BCUT2D eigenvalue weighted by Gasteiger charge is 2.25. The van der Waals surface area contributed by atoms with Crippen LogP contribution < -0.4 is 21.8 Å². The predicted molar refractivity (Wildman–Crippen MR) is 105 cm³/mol. The maximum Gasteiger partial charge on any atom is 0.264 e. The molecule has 0 spiro atoms. The van der Waals surface area contributed by atoms with Crippen LogP contribution in [0.15, 0.2) is 23.5 Å². The van der Waals surface area contributed by atoms with Crippen molar-refractivity contribution in [1.82, 2.24) is 4.57 Å². The summed E-state index contributed by atoms with van der Waals surface area (Å²) in [4.78, 5) is 25.5. The van der Waals surface area contributed by atoms with Gasteiger partial charge in [-0.15, -0.1) is 0 Å². The maximum absolute atomic E-state index is 13.3. The number of nitrogens with two attached hydrogens (primary N) is 2. The van der Waals surface area contributed by atoms with Crippen LogP contribution in [-0.4, -0.2) is 17.6 Å². The van der Waals surface area contributed by atoms with Crippen LogP contribution in [0.3, 0.4) is 0 Å². The number of benzene rings is 1. The summed E-state index contributed by atoms with van der Waals surface area (Å²) in [6.45, 7) is 11.2. The summed E-state index contributed by atoms with van der Waals surface area (Å²) in [5, 5.41) is 0. The Bertz CT molecular complexity index is 971. The monoisotopic (exact) mass is 355 g/mol. The third-order valence-corrected chi connectivity index (χ3v) is 4.57. The minimum absolute atomic E-state index is 0.0313. The number of nitrogen functional groups attached to an aromatic ring is 1. The van der Waals surface area contributed by atoms with Crippen LogP contribution in [0, 0.1) is 13.8 Å². The molecule has 0 atom stereocenters. The first-order valence-corrected chi connectivity index (χ1v) is 8.34. The summed E-state index contributed by atoms with van der Waals surface area (Å²) in [6.07, 6.45) is 0.441. The Hall–Kier alpha value is -3.02. The number of anilines is 1. The fourth-order valence-electron chi connectivity index (χ4n) is 3.41. The van der Waals surface area contributed by atoms with Crippen molar-refractivity contribution < 1.29 is 9.53 Å². The van der Waals surface area contributed by atoms with E-state index in [1.807, 2.05) is 32.9 Å². The molecule has 0 bridgehead atoms. The molecule has 1 aromatic carbocycles. The van der Waals surface area contributed by atoms with Gasteiger partial charge in [-0.25, -0.2) is 0 Å². The van der Waals surface area contributed by atoms with Gasteiger partial charge >= 0.3 is 0 Å². The van der Waals surface area contributed by atoms with Crippen molar-refractivity contribution in [2.75, 3.05) is 12.8 Å². The highest BCUT2D eigenvalue weighted by molar-refractivity contribution is 6.00. The lowest BCUT2D eigenvalue weighted by atomic mass is 9.95. The van der Waals surface area contributed by atoms with Crippen molar-refractivity contribution in [2.45, 2.75) is 34.1 Å². The number of carbonyl (C=O) groups excluding carboxylic acids is 1. The average Bonchev–Trinajstić information content (AvgIpc) is 2.56. The molecule has 1 heterocycles. The van der Waals surface area contributed by atoms with E-state index in [0.717, 1.165) is 11.1 Å². The fraction of sp³-hybridized carbons (Fsp3) is 0.300. The molecule has 0 aliphatic carbocycles. The Morgan fingerprint density at radius 2 is 1.88 bits per heavy atom. The number of aromatic nitrogens is 1. The zero-order chi connectivity index (χ0) is 19.8. The lowest BCUT2D eigenvalue weighted by Gasteiger charge is -2.22. The number of primary amides is 1. The van der Waals surface area contributed by atoms with Crippen LogP contribution in [0.5, 0.6) is 5.75 Å². The van der Waals surface area contributed by atoms with Gasteiger partial charge in [0.25, 0.3) is 11.5 Å². The lowest BCUT2D eigenvalue weighted by Crippen LogP contribution is -2.32. The van der Waals surface area contributed by atoms with Crippen LogP contribution in [0.2, 0.25) is 0 Å². The van der Waals surface area contributed by atoms with Gasteiger partial charge in [-0.05, 0) is 50.0 Å². The molecule has 0 unspecified atom stereocenters. The fourth-order valence-corrected chi connectivity index (χ4v) is 3.41. The Morgan fingerprint density at radius 1 is 1.27 bits per heavy atom. The summed E-state index contributed by atoms with van der Waals surface area (Å²) in [7, 11) is 1.56. The molecular formula is C20H25N3O3. The number of hydrogen-bond acceptors (Lipinski definition) is 4. The van der Waals surface area contributed by atoms with E-state index in [1.165, 1.54) is 4.57 Å². The summed E-state index contributed by atoms with van der Waals surface area (Å²) in [5.74, 6) is -0.0217. The molecule has 6 heteroatoms. The number of pyridine rings is 1. The van der Waals surface area contributed by atoms with Crippen molar-refractivity contribution in [3.05, 3.63) is 56.9 Å². The molecule has 0 aliphatic rings. The summed E-state index contributed by atoms with van der Waals surface area (Å²) in [5.41, 5.74) is 15.3. The summed E-state index contributed by atoms with van der Waals surface area (Å²) < 4.78 is 6.72. The summed E-state index contributed by atoms with van der Waals surface area (Å²) >= 11 is 0. The Kier molecular flexibility index (Phi) is 5.25. The van der Waals surface area contributed by atoms with Gasteiger partial charge in [0.2, 0.25) is 0 Å². The van der Waals surface area contributed by atoms with E-state index in [1.54, 1.807) is 14.0 Å². The Morgan fingerprint density at radius 3 is 2.35 bits per heavy atom. The molecule has 2 aromatic rings. The van der Waals surface area contributed by atoms with Crippen molar-refractivity contribution in [2.24, 2.45) is 5.73 Å². The van der Waals surface area contributed by atoms with Crippen LogP contribution >= 0.6 is 0 Å². The lowest BCUT2D eigenvalue weighted by molar-refractivity contribution is 0.0999. The zero-order valence-corrected chi connectivity index (χ0v) is 15.9. The number of hydrogen-bond donors (Lipinski definition) is 2. The molecule has 0 aliphatic heterocycles. The first-order chi connectivity index (χ1) is 12.2. The van der Waals surface area contributed by atoms with Gasteiger partial charge in [-0.1, -0.05) is 19.6 Å². The molecule has 138 valence electrons. The van der Waals surface area contributed by atoms with Crippen molar-refractivity contribution in [1.29, 1.82) is 0 Å². The van der Waals surface area contributed by atoms with Gasteiger partial charge in [-0.3, -0.25) is 14.2 Å². The highest BCUT2D eigenvalue weighted by Crippen LogP contribution is 2.31. The third kappa shape index (κ3) is 2.87. The first kappa shape index (κ1) is 19.3. The topological polar surface area (TPSA) is 100 Å². The van der Waals surface area contributed by atoms with Crippen LogP contribution in [0.1, 0.15) is 46.5 Å². The number of carbonyl (C=O) groups is 1. The number of methoxy groups -OCH3 is 1. The van der Waals surface area contributed by atoms with Gasteiger partial charge in [0.1, 0.15) is 11.6 Å². The smallest absolute Gasteiger partial charge is 0.264 e. The number of aryl methyl sites for hydroxylation is 1. The zero-order valence-electron chi connectivity index (χ0n) is 15.9. The van der Waals surface area contributed by atoms with Crippen molar-refractivity contribution in [3.8, 4) is 11.4 Å². The number of nitrogens with zero attached hydrogens (tertiary/aromatic N) is 1. The summed E-state index contributed by atoms with van der Waals surface area (Å²) in [6, 6.07) is 3.66. The molecule has 0 saturated heterocycles. The third-order valence-electron chi connectivity index (χ3n) is 4.57. The van der Waals surface area contributed by atoms with Gasteiger partial charge in [-0.2, -0.15) is 0 Å². The second-order valence-corrected chi connectivity index (χ2v) is 6.31. The Labute approximate surface area is 153 Å². The minimum Gasteiger partial charge on any atom is -0.496 e. The molecule has 1 amide bonds. The van der Waals surface area contributed by atoms with Gasteiger partial charge < -0.3 is 16.2 Å². The number of amides is 1. The van der Waals surface area contributed by atoms with E-state index >= 15 is 0 Å². The Balaban J connectivity index is 3.13. The van der Waals surface area contributed by atoms with Gasteiger partial charge in [0.15, 0.2) is 0 Å². The van der Waals surface area contributed by atoms with E-state index in [-0.39, 0.29) is 16.9 Å². The normalized spacial score (nSPS) is 10.7.